The van der Waals surface area contributed by atoms with Gasteiger partial charge in [0.1, 0.15) is 0 Å². The summed E-state index contributed by atoms with van der Waals surface area (Å²) in [5, 5.41) is 14.8. The van der Waals surface area contributed by atoms with Gasteiger partial charge >= 0.3 is 6.03 Å². The van der Waals surface area contributed by atoms with Crippen molar-refractivity contribution in [2.45, 2.75) is 0 Å². The van der Waals surface area contributed by atoms with Gasteiger partial charge < -0.3 is 10.4 Å². The van der Waals surface area contributed by atoms with Crippen LogP contribution in [-0.4, -0.2) is 16.1 Å². The van der Waals surface area contributed by atoms with Crippen molar-refractivity contribution in [3.8, 4) is 5.75 Å². The summed E-state index contributed by atoms with van der Waals surface area (Å²) < 4.78 is 0. The Bertz CT molecular complexity index is 525. The number of halogens is 1. The molecule has 0 unspecified atom stereocenters. The lowest BCUT2D eigenvalue weighted by Crippen LogP contribution is -2.20. The minimum atomic E-state index is -0.530. The van der Waals surface area contributed by atoms with Crippen LogP contribution >= 0.6 is 11.6 Å². The highest BCUT2D eigenvalue weighted by Crippen LogP contribution is 2.22. The quantitative estimate of drug-likeness (QED) is 0.779. The molecule has 2 rings (SSSR count). The number of nitrogens with one attached hydrogen (secondary N) is 2. The first-order chi connectivity index (χ1) is 8.66. The molecule has 1 heterocycles. The summed E-state index contributed by atoms with van der Waals surface area (Å²) in [6.07, 6.45) is 1.46. The first-order valence-electron chi connectivity index (χ1n) is 5.13. The van der Waals surface area contributed by atoms with Gasteiger partial charge in [0, 0.05) is 6.20 Å². The van der Waals surface area contributed by atoms with Crippen LogP contribution in [0.3, 0.4) is 0 Å². The molecule has 5 nitrogen and oxygen atoms in total. The summed E-state index contributed by atoms with van der Waals surface area (Å²) in [7, 11) is 0. The first-order valence-corrected chi connectivity index (χ1v) is 5.51. The minimum Gasteiger partial charge on any atom is -0.504 e. The minimum absolute atomic E-state index is 0.0852. The number of hydrogen-bond acceptors (Lipinski definition) is 3. The van der Waals surface area contributed by atoms with Gasteiger partial charge in [0.2, 0.25) is 0 Å². The zero-order valence-electron chi connectivity index (χ0n) is 9.22. The Morgan fingerprint density at radius 3 is 2.67 bits per heavy atom. The molecule has 1 aromatic heterocycles. The number of urea groups is 1. The highest BCUT2D eigenvalue weighted by Gasteiger charge is 2.08. The van der Waals surface area contributed by atoms with E-state index in [2.05, 4.69) is 15.6 Å². The first kappa shape index (κ1) is 12.2. The zero-order chi connectivity index (χ0) is 13.0. The van der Waals surface area contributed by atoms with E-state index in [4.69, 9.17) is 11.6 Å². The molecule has 0 aliphatic rings. The van der Waals surface area contributed by atoms with Gasteiger partial charge in [0.15, 0.2) is 11.6 Å². The summed E-state index contributed by atoms with van der Waals surface area (Å²) in [5.74, 6) is -0.0196. The molecular formula is C12H10ClN3O2. The number of carbonyl (C=O) groups excluding carboxylic acids is 1. The molecule has 0 spiro atoms. The van der Waals surface area contributed by atoms with Crippen molar-refractivity contribution in [1.82, 2.24) is 4.98 Å². The third-order valence-electron chi connectivity index (χ3n) is 2.14. The van der Waals surface area contributed by atoms with Gasteiger partial charge in [-0.15, -0.1) is 0 Å². The largest absolute Gasteiger partial charge is 0.504 e. The Kier molecular flexibility index (Phi) is 3.64. The zero-order valence-corrected chi connectivity index (χ0v) is 9.98. The monoisotopic (exact) mass is 263 g/mol. The molecule has 2 aromatic rings. The summed E-state index contributed by atoms with van der Waals surface area (Å²) >= 11 is 5.90. The molecule has 0 aliphatic heterocycles. The van der Waals surface area contributed by atoms with E-state index < -0.39 is 6.03 Å². The van der Waals surface area contributed by atoms with E-state index in [0.29, 0.717) is 10.7 Å². The van der Waals surface area contributed by atoms with Gasteiger partial charge in [-0.3, -0.25) is 5.32 Å². The summed E-state index contributed by atoms with van der Waals surface area (Å²) in [4.78, 5) is 15.5. The maximum absolute atomic E-state index is 11.7. The molecule has 0 fully saturated rings. The summed E-state index contributed by atoms with van der Waals surface area (Å²) in [6, 6.07) is 9.30. The lowest BCUT2D eigenvalue weighted by molar-refractivity contribution is 0.262. The number of rotatable bonds is 2. The fourth-order valence-electron chi connectivity index (χ4n) is 1.32. The Morgan fingerprint density at radius 2 is 1.94 bits per heavy atom. The van der Waals surface area contributed by atoms with Crippen molar-refractivity contribution in [3.63, 3.8) is 0 Å². The summed E-state index contributed by atoms with van der Waals surface area (Å²) in [5.41, 5.74) is 0.479. The Labute approximate surface area is 108 Å². The third-order valence-corrected chi connectivity index (χ3v) is 2.47. The second-order valence-corrected chi connectivity index (χ2v) is 3.84. The SMILES string of the molecule is O=C(Nc1ccccc1Cl)Nc1ncccc1O. The fourth-order valence-corrected chi connectivity index (χ4v) is 1.50. The molecule has 0 saturated carbocycles. The van der Waals surface area contributed by atoms with Crippen molar-refractivity contribution in [3.05, 3.63) is 47.6 Å². The standard InChI is InChI=1S/C12H10ClN3O2/c13-8-4-1-2-5-9(8)15-12(18)16-11-10(17)6-3-7-14-11/h1-7,17H,(H2,14,15,16,18). The van der Waals surface area contributed by atoms with Gasteiger partial charge in [-0.05, 0) is 24.3 Å². The van der Waals surface area contributed by atoms with Gasteiger partial charge in [-0.25, -0.2) is 9.78 Å². The Balaban J connectivity index is 2.06. The topological polar surface area (TPSA) is 74.2 Å². The maximum Gasteiger partial charge on any atom is 0.324 e. The molecule has 1 aromatic carbocycles. The van der Waals surface area contributed by atoms with Crippen molar-refractivity contribution >= 4 is 29.1 Å². The summed E-state index contributed by atoms with van der Waals surface area (Å²) in [6.45, 7) is 0. The van der Waals surface area contributed by atoms with Gasteiger partial charge in [-0.1, -0.05) is 23.7 Å². The van der Waals surface area contributed by atoms with Crippen LogP contribution < -0.4 is 10.6 Å². The molecule has 2 amide bonds. The highest BCUT2D eigenvalue weighted by molar-refractivity contribution is 6.33. The van der Waals surface area contributed by atoms with E-state index in [-0.39, 0.29) is 11.6 Å². The van der Waals surface area contributed by atoms with Crippen LogP contribution in [0.25, 0.3) is 0 Å². The van der Waals surface area contributed by atoms with Crippen LogP contribution in [0.1, 0.15) is 0 Å². The fraction of sp³-hybridized carbons (Fsp3) is 0. The molecule has 0 bridgehead atoms. The number of hydrogen-bond donors (Lipinski definition) is 3. The number of carbonyl (C=O) groups is 1. The second kappa shape index (κ2) is 5.37. The number of pyridine rings is 1. The van der Waals surface area contributed by atoms with Crippen molar-refractivity contribution in [2.24, 2.45) is 0 Å². The van der Waals surface area contributed by atoms with Crippen LogP contribution in [-0.2, 0) is 0 Å². The lowest BCUT2D eigenvalue weighted by atomic mass is 10.3. The lowest BCUT2D eigenvalue weighted by Gasteiger charge is -2.08. The molecule has 0 saturated heterocycles. The van der Waals surface area contributed by atoms with Gasteiger partial charge in [0.05, 0.1) is 10.7 Å². The molecule has 0 aliphatic carbocycles. The number of para-hydroxylation sites is 1. The van der Waals surface area contributed by atoms with E-state index in [1.165, 1.54) is 12.3 Å². The van der Waals surface area contributed by atoms with E-state index in [1.54, 1.807) is 30.3 Å². The smallest absolute Gasteiger partial charge is 0.324 e. The van der Waals surface area contributed by atoms with Gasteiger partial charge in [-0.2, -0.15) is 0 Å². The van der Waals surface area contributed by atoms with Crippen LogP contribution in [0, 0.1) is 0 Å². The van der Waals surface area contributed by atoms with E-state index >= 15 is 0 Å². The average Bonchev–Trinajstić information content (AvgIpc) is 2.35. The van der Waals surface area contributed by atoms with Crippen LogP contribution in [0.2, 0.25) is 5.02 Å². The molecule has 3 N–H and O–H groups in total. The number of nitrogens with zero attached hydrogens (tertiary/aromatic N) is 1. The Hall–Kier alpha value is -2.27. The molecular weight excluding hydrogens is 254 g/mol. The van der Waals surface area contributed by atoms with Crippen molar-refractivity contribution in [1.29, 1.82) is 0 Å². The molecule has 18 heavy (non-hydrogen) atoms. The molecule has 6 heteroatoms. The number of benzene rings is 1. The van der Waals surface area contributed by atoms with Gasteiger partial charge in [0.25, 0.3) is 0 Å². The van der Waals surface area contributed by atoms with E-state index in [1.807, 2.05) is 0 Å². The predicted octanol–water partition coefficient (Wildman–Crippen LogP) is 3.08. The predicted molar refractivity (Wildman–Crippen MR) is 70.0 cm³/mol. The Morgan fingerprint density at radius 1 is 1.17 bits per heavy atom. The second-order valence-electron chi connectivity index (χ2n) is 3.43. The number of aromatic hydroxyl groups is 1. The number of amides is 2. The van der Waals surface area contributed by atoms with E-state index in [9.17, 15) is 9.90 Å². The highest BCUT2D eigenvalue weighted by atomic mass is 35.5. The van der Waals surface area contributed by atoms with Crippen molar-refractivity contribution in [2.75, 3.05) is 10.6 Å². The number of anilines is 2. The van der Waals surface area contributed by atoms with Crippen LogP contribution in [0.5, 0.6) is 5.75 Å². The maximum atomic E-state index is 11.7. The molecule has 0 atom stereocenters. The van der Waals surface area contributed by atoms with Crippen LogP contribution in [0.15, 0.2) is 42.6 Å². The average molecular weight is 264 g/mol. The molecule has 0 radical (unpaired) electrons. The van der Waals surface area contributed by atoms with E-state index in [0.717, 1.165) is 0 Å². The number of aromatic nitrogens is 1. The third kappa shape index (κ3) is 2.89. The van der Waals surface area contributed by atoms with Crippen LogP contribution in [0.4, 0.5) is 16.3 Å². The normalized spacial score (nSPS) is 9.83. The molecule has 92 valence electrons. The van der Waals surface area contributed by atoms with Crippen molar-refractivity contribution < 1.29 is 9.90 Å².